The highest BCUT2D eigenvalue weighted by atomic mass is 16.5. The maximum atomic E-state index is 11.7. The average molecular weight is 324 g/mol. The Labute approximate surface area is 143 Å². The molecule has 1 fully saturated rings. The molecule has 1 aliphatic rings. The predicted molar refractivity (Wildman–Crippen MR) is 95.1 cm³/mol. The molecule has 1 heterocycles. The summed E-state index contributed by atoms with van der Waals surface area (Å²) in [6.07, 6.45) is 0.550. The van der Waals surface area contributed by atoms with Gasteiger partial charge in [-0.25, -0.2) is 4.79 Å². The SMILES string of the molecule is CCOC(=O)N[C@@H]1CN[C@@H](C(c2ccccc2)c2ccccc2)C1. The second kappa shape index (κ2) is 7.97. The number of carbonyl (C=O) groups is 1. The Balaban J connectivity index is 1.77. The minimum absolute atomic E-state index is 0.101. The van der Waals surface area contributed by atoms with Gasteiger partial charge in [0.25, 0.3) is 0 Å². The second-order valence-electron chi connectivity index (χ2n) is 6.11. The Morgan fingerprint density at radius 3 is 2.25 bits per heavy atom. The van der Waals surface area contributed by atoms with Crippen LogP contribution in [0.2, 0.25) is 0 Å². The molecule has 126 valence electrons. The molecular weight excluding hydrogens is 300 g/mol. The molecular formula is C20H24N2O2. The summed E-state index contributed by atoms with van der Waals surface area (Å²) in [6, 6.07) is 21.5. The third-order valence-corrected chi connectivity index (χ3v) is 4.48. The zero-order valence-corrected chi connectivity index (χ0v) is 13.9. The standard InChI is InChI=1S/C20H24N2O2/c1-2-24-20(23)22-17-13-18(21-14-17)19(15-9-5-3-6-10-15)16-11-7-4-8-12-16/h3-12,17-19,21H,2,13-14H2,1H3,(H,22,23)/t17-,18+/m0/s1. The number of nitrogens with one attached hydrogen (secondary N) is 2. The molecule has 1 saturated heterocycles. The fourth-order valence-electron chi connectivity index (χ4n) is 3.45. The van der Waals surface area contributed by atoms with E-state index in [1.54, 1.807) is 0 Å². The van der Waals surface area contributed by atoms with Crippen LogP contribution in [0.3, 0.4) is 0 Å². The maximum Gasteiger partial charge on any atom is 0.407 e. The molecule has 0 spiro atoms. The van der Waals surface area contributed by atoms with E-state index in [-0.39, 0.29) is 24.1 Å². The van der Waals surface area contributed by atoms with Crippen LogP contribution in [0, 0.1) is 0 Å². The van der Waals surface area contributed by atoms with Crippen molar-refractivity contribution < 1.29 is 9.53 Å². The first-order valence-electron chi connectivity index (χ1n) is 8.54. The van der Waals surface area contributed by atoms with Crippen molar-refractivity contribution in [2.24, 2.45) is 0 Å². The highest BCUT2D eigenvalue weighted by Crippen LogP contribution is 2.32. The molecule has 24 heavy (non-hydrogen) atoms. The summed E-state index contributed by atoms with van der Waals surface area (Å²) in [5.74, 6) is 0.265. The van der Waals surface area contributed by atoms with E-state index in [1.807, 2.05) is 19.1 Å². The normalized spacial score (nSPS) is 20.1. The Kier molecular flexibility index (Phi) is 5.49. The molecule has 4 heteroatoms. The first-order chi connectivity index (χ1) is 11.8. The number of rotatable bonds is 5. The lowest BCUT2D eigenvalue weighted by Crippen LogP contribution is -2.36. The quantitative estimate of drug-likeness (QED) is 0.887. The van der Waals surface area contributed by atoms with Crippen LogP contribution in [0.25, 0.3) is 0 Å². The number of alkyl carbamates (subject to hydrolysis) is 1. The van der Waals surface area contributed by atoms with Gasteiger partial charge in [-0.15, -0.1) is 0 Å². The molecule has 0 radical (unpaired) electrons. The molecule has 1 aliphatic heterocycles. The Hall–Kier alpha value is -2.33. The fourth-order valence-corrected chi connectivity index (χ4v) is 3.45. The summed E-state index contributed by atoms with van der Waals surface area (Å²) in [5.41, 5.74) is 2.58. The molecule has 2 aromatic rings. The molecule has 2 N–H and O–H groups in total. The van der Waals surface area contributed by atoms with Crippen molar-refractivity contribution in [2.45, 2.75) is 31.3 Å². The smallest absolute Gasteiger partial charge is 0.407 e. The zero-order valence-electron chi connectivity index (χ0n) is 13.9. The number of ether oxygens (including phenoxy) is 1. The fraction of sp³-hybridized carbons (Fsp3) is 0.350. The van der Waals surface area contributed by atoms with Gasteiger partial charge in [0.15, 0.2) is 0 Å². The topological polar surface area (TPSA) is 50.4 Å². The molecule has 2 aromatic carbocycles. The monoisotopic (exact) mass is 324 g/mol. The van der Waals surface area contributed by atoms with Gasteiger partial charge in [-0.1, -0.05) is 60.7 Å². The van der Waals surface area contributed by atoms with Crippen LogP contribution in [0.5, 0.6) is 0 Å². The van der Waals surface area contributed by atoms with Crippen molar-refractivity contribution in [1.29, 1.82) is 0 Å². The molecule has 0 saturated carbocycles. The minimum Gasteiger partial charge on any atom is -0.450 e. The Morgan fingerprint density at radius 1 is 1.12 bits per heavy atom. The lowest BCUT2D eigenvalue weighted by atomic mass is 9.84. The van der Waals surface area contributed by atoms with Crippen LogP contribution in [0.15, 0.2) is 60.7 Å². The third-order valence-electron chi connectivity index (χ3n) is 4.48. The van der Waals surface area contributed by atoms with E-state index in [0.717, 1.165) is 13.0 Å². The summed E-state index contributed by atoms with van der Waals surface area (Å²) in [4.78, 5) is 11.7. The molecule has 3 rings (SSSR count). The molecule has 2 atom stereocenters. The zero-order chi connectivity index (χ0) is 16.8. The van der Waals surface area contributed by atoms with Crippen LogP contribution >= 0.6 is 0 Å². The van der Waals surface area contributed by atoms with E-state index < -0.39 is 0 Å². The first-order valence-corrected chi connectivity index (χ1v) is 8.54. The Bertz CT molecular complexity index is 606. The number of carbonyl (C=O) groups excluding carboxylic acids is 1. The van der Waals surface area contributed by atoms with Crippen molar-refractivity contribution >= 4 is 6.09 Å². The van der Waals surface area contributed by atoms with Gasteiger partial charge in [0.2, 0.25) is 0 Å². The van der Waals surface area contributed by atoms with Gasteiger partial charge in [-0.3, -0.25) is 0 Å². The molecule has 1 amide bonds. The van der Waals surface area contributed by atoms with E-state index in [1.165, 1.54) is 11.1 Å². The van der Waals surface area contributed by atoms with Crippen LogP contribution in [-0.2, 0) is 4.74 Å². The summed E-state index contributed by atoms with van der Waals surface area (Å²) >= 11 is 0. The average Bonchev–Trinajstić information content (AvgIpc) is 3.05. The number of hydrogen-bond acceptors (Lipinski definition) is 3. The van der Waals surface area contributed by atoms with Gasteiger partial charge in [0.05, 0.1) is 6.61 Å². The van der Waals surface area contributed by atoms with Crippen molar-refractivity contribution in [3.63, 3.8) is 0 Å². The number of hydrogen-bond donors (Lipinski definition) is 2. The molecule has 0 aromatic heterocycles. The molecule has 0 bridgehead atoms. The van der Waals surface area contributed by atoms with Crippen molar-refractivity contribution in [3.05, 3.63) is 71.8 Å². The maximum absolute atomic E-state index is 11.7. The van der Waals surface area contributed by atoms with Crippen LogP contribution < -0.4 is 10.6 Å². The van der Waals surface area contributed by atoms with E-state index in [0.29, 0.717) is 6.61 Å². The predicted octanol–water partition coefficient (Wildman–Crippen LogP) is 3.30. The van der Waals surface area contributed by atoms with E-state index in [9.17, 15) is 4.79 Å². The number of benzene rings is 2. The van der Waals surface area contributed by atoms with Crippen molar-refractivity contribution in [3.8, 4) is 0 Å². The van der Waals surface area contributed by atoms with Crippen LogP contribution in [-0.4, -0.2) is 31.3 Å². The molecule has 0 unspecified atom stereocenters. The lowest BCUT2D eigenvalue weighted by molar-refractivity contribution is 0.148. The van der Waals surface area contributed by atoms with Gasteiger partial charge in [-0.2, -0.15) is 0 Å². The summed E-state index contributed by atoms with van der Waals surface area (Å²) in [5, 5.41) is 6.52. The van der Waals surface area contributed by atoms with Crippen molar-refractivity contribution in [1.82, 2.24) is 10.6 Å². The van der Waals surface area contributed by atoms with E-state index in [4.69, 9.17) is 4.74 Å². The highest BCUT2D eigenvalue weighted by molar-refractivity contribution is 5.67. The van der Waals surface area contributed by atoms with Gasteiger partial charge in [0.1, 0.15) is 0 Å². The summed E-state index contributed by atoms with van der Waals surface area (Å²) in [7, 11) is 0. The largest absolute Gasteiger partial charge is 0.450 e. The highest BCUT2D eigenvalue weighted by Gasteiger charge is 2.33. The second-order valence-corrected chi connectivity index (χ2v) is 6.11. The van der Waals surface area contributed by atoms with E-state index in [2.05, 4.69) is 59.2 Å². The minimum atomic E-state index is -0.332. The van der Waals surface area contributed by atoms with Gasteiger partial charge < -0.3 is 15.4 Å². The van der Waals surface area contributed by atoms with Crippen molar-refractivity contribution in [2.75, 3.05) is 13.2 Å². The van der Waals surface area contributed by atoms with Crippen LogP contribution in [0.4, 0.5) is 4.79 Å². The van der Waals surface area contributed by atoms with E-state index >= 15 is 0 Å². The third kappa shape index (κ3) is 3.95. The summed E-state index contributed by atoms with van der Waals surface area (Å²) < 4.78 is 4.99. The first kappa shape index (κ1) is 16.5. The molecule has 4 nitrogen and oxygen atoms in total. The number of amides is 1. The van der Waals surface area contributed by atoms with Gasteiger partial charge in [0, 0.05) is 24.5 Å². The Morgan fingerprint density at radius 2 is 1.71 bits per heavy atom. The van der Waals surface area contributed by atoms with Crippen LogP contribution in [0.1, 0.15) is 30.4 Å². The molecule has 0 aliphatic carbocycles. The van der Waals surface area contributed by atoms with Gasteiger partial charge in [-0.05, 0) is 24.5 Å². The van der Waals surface area contributed by atoms with Gasteiger partial charge >= 0.3 is 6.09 Å². The summed E-state index contributed by atoms with van der Waals surface area (Å²) in [6.45, 7) is 2.97. The lowest BCUT2D eigenvalue weighted by Gasteiger charge is -2.25.